The Kier molecular flexibility index (Phi) is 5.44. The van der Waals surface area contributed by atoms with Crippen LogP contribution in [-0.4, -0.2) is 20.7 Å². The van der Waals surface area contributed by atoms with Gasteiger partial charge in [-0.15, -0.1) is 0 Å². The first kappa shape index (κ1) is 15.6. The van der Waals surface area contributed by atoms with Gasteiger partial charge in [0.2, 0.25) is 10.0 Å². The fraction of sp³-hybridized carbons (Fsp3) is 0.357. The molecule has 0 atom stereocenters. The van der Waals surface area contributed by atoms with Crippen LogP contribution < -0.4 is 4.72 Å². The molecule has 0 heterocycles. The Balaban J connectivity index is 2.95. The molecule has 104 valence electrons. The van der Waals surface area contributed by atoms with Crippen LogP contribution in [0.5, 0.6) is 0 Å². The fourth-order valence-corrected chi connectivity index (χ4v) is 2.49. The minimum Gasteiger partial charge on any atom is -0.294 e. The Morgan fingerprint density at radius 3 is 2.58 bits per heavy atom. The van der Waals surface area contributed by atoms with Gasteiger partial charge in [-0.1, -0.05) is 30.7 Å². The summed E-state index contributed by atoms with van der Waals surface area (Å²) in [5.41, 5.74) is 1.46. The third kappa shape index (κ3) is 4.61. The summed E-state index contributed by atoms with van der Waals surface area (Å²) < 4.78 is 26.5. The molecule has 0 amide bonds. The molecule has 19 heavy (non-hydrogen) atoms. The second-order valence-electron chi connectivity index (χ2n) is 4.44. The van der Waals surface area contributed by atoms with Gasteiger partial charge in [0.15, 0.2) is 5.78 Å². The molecular weight excluding hydrogens is 262 g/mol. The van der Waals surface area contributed by atoms with Crippen molar-refractivity contribution in [1.82, 2.24) is 4.72 Å². The number of carbonyl (C=O) groups excluding carboxylic acids is 1. The number of rotatable bonds is 6. The second kappa shape index (κ2) is 6.63. The molecule has 0 bridgehead atoms. The van der Waals surface area contributed by atoms with Crippen LogP contribution in [0, 0.1) is 0 Å². The number of Topliss-reactive ketones (excluding diaryl/α,β-unsaturated/α-hetero) is 1. The van der Waals surface area contributed by atoms with E-state index in [2.05, 4.69) is 4.72 Å². The van der Waals surface area contributed by atoms with Crippen molar-refractivity contribution < 1.29 is 13.2 Å². The summed E-state index contributed by atoms with van der Waals surface area (Å²) in [6.45, 7) is 5.79. The molecular formula is C14H19NO3S. The van der Waals surface area contributed by atoms with Crippen molar-refractivity contribution in [2.24, 2.45) is 0 Å². The summed E-state index contributed by atoms with van der Waals surface area (Å²) in [7, 11) is -3.57. The van der Waals surface area contributed by atoms with Gasteiger partial charge in [-0.2, -0.15) is 0 Å². The van der Waals surface area contributed by atoms with Crippen LogP contribution in [-0.2, 0) is 10.0 Å². The van der Waals surface area contributed by atoms with E-state index in [4.69, 9.17) is 0 Å². The lowest BCUT2D eigenvalue weighted by Crippen LogP contribution is -2.24. The van der Waals surface area contributed by atoms with Gasteiger partial charge in [-0.05, 0) is 26.0 Å². The number of sulfonamides is 1. The van der Waals surface area contributed by atoms with Crippen molar-refractivity contribution in [3.05, 3.63) is 41.5 Å². The first-order valence-corrected chi connectivity index (χ1v) is 7.61. The zero-order chi connectivity index (χ0) is 14.5. The molecule has 0 saturated heterocycles. The average Bonchev–Trinajstić information content (AvgIpc) is 2.37. The molecule has 4 nitrogen and oxygen atoms in total. The molecule has 0 saturated carbocycles. The minimum atomic E-state index is -3.57. The Labute approximate surface area is 114 Å². The van der Waals surface area contributed by atoms with Gasteiger partial charge in [0.25, 0.3) is 0 Å². The first-order valence-electron chi connectivity index (χ1n) is 6.13. The van der Waals surface area contributed by atoms with Gasteiger partial charge in [-0.25, -0.2) is 13.1 Å². The number of hydrogen-bond acceptors (Lipinski definition) is 3. The lowest BCUT2D eigenvalue weighted by atomic mass is 10.1. The van der Waals surface area contributed by atoms with Crippen molar-refractivity contribution in [2.75, 3.05) is 6.54 Å². The van der Waals surface area contributed by atoms with Gasteiger partial charge < -0.3 is 0 Å². The van der Waals surface area contributed by atoms with E-state index >= 15 is 0 Å². The van der Waals surface area contributed by atoms with Crippen LogP contribution in [0.4, 0.5) is 0 Å². The van der Waals surface area contributed by atoms with Crippen LogP contribution in [0.25, 0.3) is 0 Å². The normalized spacial score (nSPS) is 11.1. The maximum absolute atomic E-state index is 12.0. The Hall–Kier alpha value is -1.46. The molecule has 5 heteroatoms. The molecule has 0 aliphatic heterocycles. The van der Waals surface area contributed by atoms with Crippen LogP contribution in [0.2, 0.25) is 0 Å². The Morgan fingerprint density at radius 2 is 2.00 bits per heavy atom. The topological polar surface area (TPSA) is 63.2 Å². The van der Waals surface area contributed by atoms with Crippen LogP contribution >= 0.6 is 0 Å². The molecule has 0 spiro atoms. The molecule has 0 unspecified atom stereocenters. The highest BCUT2D eigenvalue weighted by atomic mass is 32.2. The number of hydrogen-bond donors (Lipinski definition) is 1. The number of benzene rings is 1. The Morgan fingerprint density at radius 1 is 1.32 bits per heavy atom. The average molecular weight is 281 g/mol. The second-order valence-corrected chi connectivity index (χ2v) is 6.20. The maximum Gasteiger partial charge on any atom is 0.240 e. The van der Waals surface area contributed by atoms with E-state index in [1.807, 2.05) is 13.8 Å². The quantitative estimate of drug-likeness (QED) is 0.643. The maximum atomic E-state index is 12.0. The number of carbonyl (C=O) groups is 1. The van der Waals surface area contributed by atoms with E-state index in [0.29, 0.717) is 12.0 Å². The molecule has 0 aromatic heterocycles. The predicted octanol–water partition coefficient (Wildman–Crippen LogP) is 2.52. The number of ketones is 1. The summed E-state index contributed by atoms with van der Waals surface area (Å²) in [5, 5.41) is 0. The smallest absolute Gasteiger partial charge is 0.240 e. The fourth-order valence-electron chi connectivity index (χ4n) is 1.48. The predicted molar refractivity (Wildman–Crippen MR) is 75.7 cm³/mol. The number of nitrogens with one attached hydrogen (secondary N) is 1. The first-order chi connectivity index (χ1) is 8.86. The summed E-state index contributed by atoms with van der Waals surface area (Å²) in [5.74, 6) is -0.0682. The van der Waals surface area contributed by atoms with E-state index in [1.54, 1.807) is 25.1 Å². The highest BCUT2D eigenvalue weighted by Gasteiger charge is 2.14. The zero-order valence-corrected chi connectivity index (χ0v) is 12.3. The van der Waals surface area contributed by atoms with Crippen LogP contribution in [0.1, 0.15) is 37.6 Å². The van der Waals surface area contributed by atoms with E-state index in [-0.39, 0.29) is 17.2 Å². The van der Waals surface area contributed by atoms with E-state index in [0.717, 1.165) is 5.57 Å². The van der Waals surface area contributed by atoms with Crippen molar-refractivity contribution >= 4 is 15.8 Å². The van der Waals surface area contributed by atoms with Crippen molar-refractivity contribution in [2.45, 2.75) is 32.1 Å². The van der Waals surface area contributed by atoms with E-state index in [1.165, 1.54) is 12.1 Å². The molecule has 1 rings (SSSR count). The highest BCUT2D eigenvalue weighted by Crippen LogP contribution is 2.12. The van der Waals surface area contributed by atoms with Gasteiger partial charge in [0.1, 0.15) is 0 Å². The Bertz CT molecular complexity index is 584. The standard InChI is InChI=1S/C14H19NO3S/c1-4-14(16)12-6-5-7-13(10-12)19(17,18)15-9-8-11(2)3/h5-8,10,15H,4,9H2,1-3H3. The molecule has 0 aliphatic rings. The van der Waals surface area contributed by atoms with Crippen molar-refractivity contribution in [3.8, 4) is 0 Å². The van der Waals surface area contributed by atoms with Gasteiger partial charge in [0.05, 0.1) is 4.90 Å². The molecule has 0 radical (unpaired) electrons. The summed E-state index contributed by atoms with van der Waals surface area (Å²) in [4.78, 5) is 11.7. The monoisotopic (exact) mass is 281 g/mol. The molecule has 1 N–H and O–H groups in total. The third-order valence-electron chi connectivity index (χ3n) is 2.57. The van der Waals surface area contributed by atoms with Crippen molar-refractivity contribution in [1.29, 1.82) is 0 Å². The summed E-state index contributed by atoms with van der Waals surface area (Å²) >= 11 is 0. The highest BCUT2D eigenvalue weighted by molar-refractivity contribution is 7.89. The van der Waals surface area contributed by atoms with E-state index < -0.39 is 10.0 Å². The minimum absolute atomic E-state index is 0.0682. The van der Waals surface area contributed by atoms with Crippen LogP contribution in [0.3, 0.4) is 0 Å². The lowest BCUT2D eigenvalue weighted by Gasteiger charge is -2.06. The molecule has 0 fully saturated rings. The van der Waals surface area contributed by atoms with Gasteiger partial charge >= 0.3 is 0 Å². The van der Waals surface area contributed by atoms with E-state index in [9.17, 15) is 13.2 Å². The zero-order valence-electron chi connectivity index (χ0n) is 11.4. The third-order valence-corrected chi connectivity index (χ3v) is 3.99. The summed E-state index contributed by atoms with van der Waals surface area (Å²) in [6.07, 6.45) is 2.15. The largest absolute Gasteiger partial charge is 0.294 e. The molecule has 0 aliphatic carbocycles. The van der Waals surface area contributed by atoms with Gasteiger partial charge in [0, 0.05) is 18.5 Å². The molecule has 1 aromatic carbocycles. The number of allylic oxidation sites excluding steroid dienone is 1. The SMILES string of the molecule is CCC(=O)c1cccc(S(=O)(=O)NCC=C(C)C)c1. The van der Waals surface area contributed by atoms with Crippen LogP contribution in [0.15, 0.2) is 40.8 Å². The lowest BCUT2D eigenvalue weighted by molar-refractivity contribution is 0.0988. The van der Waals surface area contributed by atoms with Crippen molar-refractivity contribution in [3.63, 3.8) is 0 Å². The molecule has 1 aromatic rings. The van der Waals surface area contributed by atoms with Gasteiger partial charge in [-0.3, -0.25) is 4.79 Å². The summed E-state index contributed by atoms with van der Waals surface area (Å²) in [6, 6.07) is 6.10.